The van der Waals surface area contributed by atoms with Crippen LogP contribution in [0.15, 0.2) is 53.3 Å². The van der Waals surface area contributed by atoms with E-state index in [9.17, 15) is 9.59 Å². The molecular formula is C26H31BrN4O3. The summed E-state index contributed by atoms with van der Waals surface area (Å²) in [7, 11) is 0. The summed E-state index contributed by atoms with van der Waals surface area (Å²) in [4.78, 5) is 34.4. The number of carbonyl (C=O) groups is 2. The maximum atomic E-state index is 13.0. The minimum atomic E-state index is -0.0410. The Morgan fingerprint density at radius 3 is 2.53 bits per heavy atom. The van der Waals surface area contributed by atoms with Gasteiger partial charge >= 0.3 is 0 Å². The Kier molecular flexibility index (Phi) is 7.27. The topological polar surface area (TPSA) is 74.8 Å². The Bertz CT molecular complexity index is 1000. The molecule has 3 fully saturated rings. The zero-order valence-corrected chi connectivity index (χ0v) is 20.8. The molecule has 1 N–H and O–H groups in total. The highest BCUT2D eigenvalue weighted by Gasteiger charge is 2.42. The second kappa shape index (κ2) is 10.5. The van der Waals surface area contributed by atoms with Crippen LogP contribution in [-0.2, 0) is 9.53 Å². The van der Waals surface area contributed by atoms with E-state index in [1.54, 1.807) is 12.3 Å². The van der Waals surface area contributed by atoms with E-state index in [2.05, 4.69) is 43.3 Å². The second-order valence-electron chi connectivity index (χ2n) is 9.65. The van der Waals surface area contributed by atoms with Gasteiger partial charge in [0.2, 0.25) is 5.91 Å². The van der Waals surface area contributed by atoms with Crippen molar-refractivity contribution in [2.75, 3.05) is 45.9 Å². The van der Waals surface area contributed by atoms with Gasteiger partial charge in [-0.2, -0.15) is 0 Å². The molecule has 3 saturated heterocycles. The zero-order valence-electron chi connectivity index (χ0n) is 19.2. The zero-order chi connectivity index (χ0) is 23.5. The van der Waals surface area contributed by atoms with Crippen molar-refractivity contribution < 1.29 is 14.3 Å². The van der Waals surface area contributed by atoms with Gasteiger partial charge in [0.25, 0.3) is 5.91 Å². The van der Waals surface area contributed by atoms with Gasteiger partial charge in [-0.1, -0.05) is 30.3 Å². The first kappa shape index (κ1) is 23.5. The number of ether oxygens (including phenoxy) is 1. The average Bonchev–Trinajstić information content (AvgIpc) is 3.59. The van der Waals surface area contributed by atoms with Crippen molar-refractivity contribution >= 4 is 27.7 Å². The van der Waals surface area contributed by atoms with E-state index in [1.807, 2.05) is 29.2 Å². The first-order valence-corrected chi connectivity index (χ1v) is 12.9. The molecule has 4 heterocycles. The Morgan fingerprint density at radius 2 is 1.85 bits per heavy atom. The summed E-state index contributed by atoms with van der Waals surface area (Å²) in [6.07, 6.45) is 3.35. The van der Waals surface area contributed by atoms with Crippen LogP contribution in [0.25, 0.3) is 0 Å². The number of nitrogens with zero attached hydrogens (tertiary/aromatic N) is 3. The van der Waals surface area contributed by atoms with Crippen molar-refractivity contribution in [3.8, 4) is 0 Å². The van der Waals surface area contributed by atoms with Crippen LogP contribution in [0.3, 0.4) is 0 Å². The van der Waals surface area contributed by atoms with Crippen molar-refractivity contribution in [1.29, 1.82) is 0 Å². The summed E-state index contributed by atoms with van der Waals surface area (Å²) in [5.41, 5.74) is 1.78. The molecule has 4 atom stereocenters. The van der Waals surface area contributed by atoms with E-state index in [4.69, 9.17) is 4.74 Å². The lowest BCUT2D eigenvalue weighted by atomic mass is 10.0. The molecule has 1 aromatic heterocycles. The number of likely N-dealkylation sites (tertiary alicyclic amines) is 2. The van der Waals surface area contributed by atoms with E-state index in [0.717, 1.165) is 51.1 Å². The van der Waals surface area contributed by atoms with Gasteiger partial charge in [-0.3, -0.25) is 9.59 Å². The van der Waals surface area contributed by atoms with Crippen LogP contribution in [0.2, 0.25) is 0 Å². The van der Waals surface area contributed by atoms with E-state index in [0.29, 0.717) is 35.2 Å². The van der Waals surface area contributed by atoms with Crippen molar-refractivity contribution in [2.24, 2.45) is 17.8 Å². The van der Waals surface area contributed by atoms with Crippen LogP contribution in [0.5, 0.6) is 0 Å². The van der Waals surface area contributed by atoms with E-state index in [-0.39, 0.29) is 23.8 Å². The summed E-state index contributed by atoms with van der Waals surface area (Å²) in [5.74, 6) is 1.12. The van der Waals surface area contributed by atoms with Gasteiger partial charge in [0.15, 0.2) is 0 Å². The van der Waals surface area contributed by atoms with Gasteiger partial charge in [-0.15, -0.1) is 0 Å². The molecule has 0 spiro atoms. The fraction of sp³-hybridized carbons (Fsp3) is 0.500. The highest BCUT2D eigenvalue weighted by Crippen LogP contribution is 2.33. The van der Waals surface area contributed by atoms with Crippen molar-refractivity contribution in [1.82, 2.24) is 20.1 Å². The van der Waals surface area contributed by atoms with E-state index in [1.165, 1.54) is 0 Å². The molecular weight excluding hydrogens is 496 g/mol. The molecule has 0 aliphatic carbocycles. The number of hydrogen-bond donors (Lipinski definition) is 1. The molecule has 8 heteroatoms. The molecule has 0 saturated carbocycles. The minimum Gasteiger partial charge on any atom is -0.381 e. The fourth-order valence-corrected chi connectivity index (χ4v) is 5.92. The minimum absolute atomic E-state index is 0.00394. The number of nitrogens with one attached hydrogen (secondary N) is 1. The molecule has 3 aliphatic rings. The van der Waals surface area contributed by atoms with E-state index < -0.39 is 0 Å². The molecule has 0 radical (unpaired) electrons. The Morgan fingerprint density at radius 1 is 1.09 bits per heavy atom. The number of rotatable bonds is 7. The Labute approximate surface area is 209 Å². The van der Waals surface area contributed by atoms with Crippen molar-refractivity contribution in [3.63, 3.8) is 0 Å². The SMILES string of the molecule is O=C(NC(CCN1CC2CN(C(=O)c3cccnc3Br)C[C@@H]2C1)c1ccccc1)C1CCOC1. The molecule has 0 bridgehead atoms. The van der Waals surface area contributed by atoms with Gasteiger partial charge in [-0.25, -0.2) is 4.98 Å². The number of pyridine rings is 1. The highest BCUT2D eigenvalue weighted by molar-refractivity contribution is 9.10. The average molecular weight is 527 g/mol. The second-order valence-corrected chi connectivity index (χ2v) is 10.4. The summed E-state index contributed by atoms with van der Waals surface area (Å²) in [6.45, 7) is 5.69. The maximum absolute atomic E-state index is 13.0. The van der Waals surface area contributed by atoms with Crippen LogP contribution in [0, 0.1) is 17.8 Å². The van der Waals surface area contributed by atoms with Crippen LogP contribution < -0.4 is 5.32 Å². The summed E-state index contributed by atoms with van der Waals surface area (Å²) in [6, 6.07) is 13.9. The molecule has 34 heavy (non-hydrogen) atoms. The standard InChI is InChI=1S/C26H31BrN4O3/c27-24-22(7-4-10-28-24)26(33)31-15-20-13-30(14-21(20)16-31)11-8-23(18-5-2-1-3-6-18)29-25(32)19-9-12-34-17-19/h1-7,10,19-21,23H,8-9,11-17H2,(H,29,32)/t19?,20-,21?,23?/m0/s1. The van der Waals surface area contributed by atoms with E-state index >= 15 is 0 Å². The van der Waals surface area contributed by atoms with Crippen LogP contribution in [0.1, 0.15) is 34.8 Å². The molecule has 2 amide bonds. The number of hydrogen-bond acceptors (Lipinski definition) is 5. The molecule has 7 nitrogen and oxygen atoms in total. The normalized spacial score (nSPS) is 25.3. The number of aromatic nitrogens is 1. The Balaban J connectivity index is 1.16. The summed E-state index contributed by atoms with van der Waals surface area (Å²) >= 11 is 3.40. The van der Waals surface area contributed by atoms with Gasteiger partial charge in [0.1, 0.15) is 4.60 Å². The lowest BCUT2D eigenvalue weighted by molar-refractivity contribution is -0.125. The lowest BCUT2D eigenvalue weighted by Crippen LogP contribution is -2.37. The predicted octanol–water partition coefficient (Wildman–Crippen LogP) is 3.13. The molecule has 3 aliphatic heterocycles. The number of amides is 2. The quantitative estimate of drug-likeness (QED) is 0.561. The van der Waals surface area contributed by atoms with Crippen LogP contribution >= 0.6 is 15.9 Å². The summed E-state index contributed by atoms with van der Waals surface area (Å²) < 4.78 is 6.01. The third-order valence-electron chi connectivity index (χ3n) is 7.39. The highest BCUT2D eigenvalue weighted by atomic mass is 79.9. The van der Waals surface area contributed by atoms with Gasteiger partial charge in [0.05, 0.1) is 24.1 Å². The van der Waals surface area contributed by atoms with Crippen LogP contribution in [-0.4, -0.2) is 72.5 Å². The third kappa shape index (κ3) is 5.19. The van der Waals surface area contributed by atoms with Gasteiger partial charge < -0.3 is 19.9 Å². The molecule has 180 valence electrons. The smallest absolute Gasteiger partial charge is 0.256 e. The van der Waals surface area contributed by atoms with Crippen molar-refractivity contribution in [3.05, 3.63) is 64.4 Å². The summed E-state index contributed by atoms with van der Waals surface area (Å²) in [5, 5.41) is 3.29. The molecule has 2 aromatic rings. The molecule has 5 rings (SSSR count). The van der Waals surface area contributed by atoms with Gasteiger partial charge in [-0.05, 0) is 58.3 Å². The van der Waals surface area contributed by atoms with Crippen LogP contribution in [0.4, 0.5) is 0 Å². The first-order chi connectivity index (χ1) is 16.6. The first-order valence-electron chi connectivity index (χ1n) is 12.1. The number of carbonyl (C=O) groups excluding carboxylic acids is 2. The largest absolute Gasteiger partial charge is 0.381 e. The monoisotopic (exact) mass is 526 g/mol. The fourth-order valence-electron chi connectivity index (χ4n) is 5.50. The molecule has 1 aromatic carbocycles. The molecule has 3 unspecified atom stereocenters. The maximum Gasteiger partial charge on any atom is 0.256 e. The lowest BCUT2D eigenvalue weighted by Gasteiger charge is -2.25. The Hall–Kier alpha value is -2.29. The number of fused-ring (bicyclic) bond motifs is 1. The van der Waals surface area contributed by atoms with Gasteiger partial charge in [0, 0.05) is 45.5 Å². The van der Waals surface area contributed by atoms with Crippen molar-refractivity contribution in [2.45, 2.75) is 18.9 Å². The number of benzene rings is 1. The number of halogens is 1. The predicted molar refractivity (Wildman–Crippen MR) is 132 cm³/mol. The third-order valence-corrected chi connectivity index (χ3v) is 8.02.